The van der Waals surface area contributed by atoms with Gasteiger partial charge >= 0.3 is 0 Å². The van der Waals surface area contributed by atoms with Gasteiger partial charge in [0.1, 0.15) is 11.7 Å². The Labute approximate surface area is 99.3 Å². The average Bonchev–Trinajstić information content (AvgIpc) is 2.57. The number of hydrogen-bond acceptors (Lipinski definition) is 5. The number of rotatable bonds is 6. The molecule has 1 aromatic heterocycles. The van der Waals surface area contributed by atoms with Crippen molar-refractivity contribution in [3.05, 3.63) is 11.8 Å². The van der Waals surface area contributed by atoms with Gasteiger partial charge in [0.25, 0.3) is 0 Å². The molecule has 1 aromatic rings. The highest BCUT2D eigenvalue weighted by atomic mass is 32.2. The van der Waals surface area contributed by atoms with Crippen LogP contribution < -0.4 is 10.5 Å². The second-order valence-electron chi connectivity index (χ2n) is 3.36. The van der Waals surface area contributed by atoms with Crippen LogP contribution in [0, 0.1) is 5.41 Å². The molecule has 8 nitrogen and oxygen atoms in total. The third-order valence-corrected chi connectivity index (χ3v) is 3.25. The molecule has 0 amide bonds. The van der Waals surface area contributed by atoms with Crippen molar-refractivity contribution in [2.45, 2.75) is 0 Å². The number of nitrogens with one attached hydrogen (secondary N) is 2. The van der Waals surface area contributed by atoms with Gasteiger partial charge in [-0.05, 0) is 0 Å². The van der Waals surface area contributed by atoms with Crippen molar-refractivity contribution in [2.24, 2.45) is 12.8 Å². The van der Waals surface area contributed by atoms with E-state index < -0.39 is 10.0 Å². The SMILES string of the molecule is COCCS(=O)(=O)Nc1c(C(=N)N)cnn1C. The van der Waals surface area contributed by atoms with E-state index in [1.54, 1.807) is 7.05 Å². The van der Waals surface area contributed by atoms with E-state index in [2.05, 4.69) is 9.82 Å². The standard InChI is InChI=1S/C8H15N5O3S/c1-13-8(6(5-11-13)7(9)10)12-17(14,15)4-3-16-2/h5,12H,3-4H2,1-2H3,(H3,9,10). The van der Waals surface area contributed by atoms with Crippen molar-refractivity contribution < 1.29 is 13.2 Å². The molecule has 0 radical (unpaired) electrons. The third kappa shape index (κ3) is 3.43. The molecule has 0 fully saturated rings. The smallest absolute Gasteiger partial charge is 0.236 e. The van der Waals surface area contributed by atoms with E-state index >= 15 is 0 Å². The Bertz CT molecular complexity index is 507. The molecule has 0 aliphatic rings. The summed E-state index contributed by atoms with van der Waals surface area (Å²) in [5, 5.41) is 11.1. The van der Waals surface area contributed by atoms with Crippen LogP contribution in [0.25, 0.3) is 0 Å². The summed E-state index contributed by atoms with van der Waals surface area (Å²) in [4.78, 5) is 0. The molecular weight excluding hydrogens is 246 g/mol. The van der Waals surface area contributed by atoms with Gasteiger partial charge in [-0.15, -0.1) is 0 Å². The number of nitrogens with two attached hydrogens (primary N) is 1. The number of nitrogens with zero attached hydrogens (tertiary/aromatic N) is 2. The number of aromatic nitrogens is 2. The number of anilines is 1. The number of amidine groups is 1. The van der Waals surface area contributed by atoms with Gasteiger partial charge in [-0.25, -0.2) is 8.42 Å². The maximum Gasteiger partial charge on any atom is 0.236 e. The van der Waals surface area contributed by atoms with Gasteiger partial charge < -0.3 is 10.5 Å². The van der Waals surface area contributed by atoms with Crippen molar-refractivity contribution in [3.63, 3.8) is 0 Å². The molecule has 17 heavy (non-hydrogen) atoms. The average molecular weight is 261 g/mol. The monoisotopic (exact) mass is 261 g/mol. The molecule has 9 heteroatoms. The van der Waals surface area contributed by atoms with Gasteiger partial charge in [-0.2, -0.15) is 5.10 Å². The van der Waals surface area contributed by atoms with E-state index in [4.69, 9.17) is 15.9 Å². The van der Waals surface area contributed by atoms with Crippen molar-refractivity contribution in [3.8, 4) is 0 Å². The summed E-state index contributed by atoms with van der Waals surface area (Å²) >= 11 is 0. The van der Waals surface area contributed by atoms with Crippen molar-refractivity contribution in [2.75, 3.05) is 24.2 Å². The van der Waals surface area contributed by atoms with Crippen molar-refractivity contribution in [1.29, 1.82) is 5.41 Å². The van der Waals surface area contributed by atoms with E-state index in [9.17, 15) is 8.42 Å². The minimum absolute atomic E-state index is 0.0859. The van der Waals surface area contributed by atoms with Crippen LogP contribution >= 0.6 is 0 Å². The molecule has 0 spiro atoms. The molecule has 96 valence electrons. The highest BCUT2D eigenvalue weighted by Gasteiger charge is 2.17. The summed E-state index contributed by atoms with van der Waals surface area (Å²) in [5.74, 6) is -0.248. The van der Waals surface area contributed by atoms with Crippen LogP contribution in [0.4, 0.5) is 5.82 Å². The van der Waals surface area contributed by atoms with Gasteiger partial charge in [-0.3, -0.25) is 14.8 Å². The normalized spacial score (nSPS) is 11.4. The topological polar surface area (TPSA) is 123 Å². The molecule has 0 unspecified atom stereocenters. The van der Waals surface area contributed by atoms with Gasteiger partial charge in [0.2, 0.25) is 10.0 Å². The lowest BCUT2D eigenvalue weighted by molar-refractivity contribution is 0.217. The van der Waals surface area contributed by atoms with Crippen LogP contribution in [0.15, 0.2) is 6.20 Å². The van der Waals surface area contributed by atoms with E-state index in [1.165, 1.54) is 18.0 Å². The Morgan fingerprint density at radius 1 is 1.71 bits per heavy atom. The summed E-state index contributed by atoms with van der Waals surface area (Å²) < 4.78 is 31.6. The Morgan fingerprint density at radius 2 is 2.35 bits per heavy atom. The Hall–Kier alpha value is -1.61. The maximum atomic E-state index is 11.6. The van der Waals surface area contributed by atoms with E-state index in [0.717, 1.165) is 0 Å². The van der Waals surface area contributed by atoms with Crippen LogP contribution in [0.5, 0.6) is 0 Å². The Morgan fingerprint density at radius 3 is 2.88 bits per heavy atom. The van der Waals surface area contributed by atoms with Crippen molar-refractivity contribution >= 4 is 21.7 Å². The molecule has 1 rings (SSSR count). The minimum Gasteiger partial charge on any atom is -0.384 e. The van der Waals surface area contributed by atoms with Gasteiger partial charge in [0, 0.05) is 14.2 Å². The Kier molecular flexibility index (Phi) is 4.07. The third-order valence-electron chi connectivity index (χ3n) is 2.04. The number of hydrogen-bond donors (Lipinski definition) is 3. The van der Waals surface area contributed by atoms with Gasteiger partial charge in [0.05, 0.1) is 24.1 Å². The predicted molar refractivity (Wildman–Crippen MR) is 63.5 cm³/mol. The number of aryl methyl sites for hydroxylation is 1. The molecule has 1 heterocycles. The van der Waals surface area contributed by atoms with Crippen LogP contribution in [-0.2, 0) is 21.8 Å². The zero-order valence-corrected chi connectivity index (χ0v) is 10.4. The molecule has 0 saturated carbocycles. The molecule has 0 aliphatic heterocycles. The predicted octanol–water partition coefficient (Wildman–Crippen LogP) is -0.908. The number of sulfonamides is 1. The quantitative estimate of drug-likeness (QED) is 0.452. The molecular formula is C8H15N5O3S. The summed E-state index contributed by atoms with van der Waals surface area (Å²) in [5.41, 5.74) is 5.56. The fourth-order valence-electron chi connectivity index (χ4n) is 1.15. The van der Waals surface area contributed by atoms with E-state index in [0.29, 0.717) is 0 Å². The molecule has 0 saturated heterocycles. The fraction of sp³-hybridized carbons (Fsp3) is 0.500. The molecule has 4 N–H and O–H groups in total. The first kappa shape index (κ1) is 13.5. The summed E-state index contributed by atoms with van der Waals surface area (Å²) in [7, 11) is -0.560. The highest BCUT2D eigenvalue weighted by molar-refractivity contribution is 7.92. The molecule has 0 aromatic carbocycles. The van der Waals surface area contributed by atoms with E-state index in [1.807, 2.05) is 0 Å². The summed E-state index contributed by atoms with van der Waals surface area (Å²) in [6.45, 7) is 0.0859. The van der Waals surface area contributed by atoms with Gasteiger partial charge in [-0.1, -0.05) is 0 Å². The fourth-order valence-corrected chi connectivity index (χ4v) is 2.17. The first-order valence-electron chi connectivity index (χ1n) is 4.73. The van der Waals surface area contributed by atoms with Crippen LogP contribution in [0.3, 0.4) is 0 Å². The van der Waals surface area contributed by atoms with Crippen LogP contribution in [0.2, 0.25) is 0 Å². The summed E-state index contributed by atoms with van der Waals surface area (Å²) in [6.07, 6.45) is 1.33. The second-order valence-corrected chi connectivity index (χ2v) is 5.20. The zero-order valence-electron chi connectivity index (χ0n) is 9.60. The largest absolute Gasteiger partial charge is 0.384 e. The first-order valence-corrected chi connectivity index (χ1v) is 6.38. The lowest BCUT2D eigenvalue weighted by Gasteiger charge is -2.09. The molecule has 0 aliphatic carbocycles. The number of methoxy groups -OCH3 is 1. The first-order chi connectivity index (χ1) is 7.87. The molecule has 0 atom stereocenters. The van der Waals surface area contributed by atoms with Crippen LogP contribution in [0.1, 0.15) is 5.56 Å². The number of nitrogen functional groups attached to an aromatic ring is 1. The highest BCUT2D eigenvalue weighted by Crippen LogP contribution is 2.14. The lowest BCUT2D eigenvalue weighted by atomic mass is 10.3. The van der Waals surface area contributed by atoms with Crippen molar-refractivity contribution in [1.82, 2.24) is 9.78 Å². The number of ether oxygens (including phenoxy) is 1. The zero-order chi connectivity index (χ0) is 13.1. The Balaban J connectivity index is 2.95. The van der Waals surface area contributed by atoms with E-state index in [-0.39, 0.29) is 29.6 Å². The molecule has 0 bridgehead atoms. The lowest BCUT2D eigenvalue weighted by Crippen LogP contribution is -2.23. The van der Waals surface area contributed by atoms with Gasteiger partial charge in [0.15, 0.2) is 0 Å². The second kappa shape index (κ2) is 5.15. The maximum absolute atomic E-state index is 11.6. The summed E-state index contributed by atoms with van der Waals surface area (Å²) in [6, 6.07) is 0. The van der Waals surface area contributed by atoms with Crippen LogP contribution in [-0.4, -0.2) is 43.5 Å². The minimum atomic E-state index is -3.53.